The van der Waals surface area contributed by atoms with Crippen LogP contribution >= 0.6 is 0 Å². The molecule has 0 aliphatic carbocycles. The van der Waals surface area contributed by atoms with Gasteiger partial charge in [-0.2, -0.15) is 0 Å². The molecule has 0 aliphatic rings. The van der Waals surface area contributed by atoms with Crippen molar-refractivity contribution < 1.29 is 9.53 Å². The lowest BCUT2D eigenvalue weighted by molar-refractivity contribution is -0.113. The summed E-state index contributed by atoms with van der Waals surface area (Å²) >= 11 is 0. The van der Waals surface area contributed by atoms with Gasteiger partial charge in [0.15, 0.2) is 5.78 Å². The molecule has 0 aromatic rings. The highest BCUT2D eigenvalue weighted by Crippen LogP contribution is 2.08. The van der Waals surface area contributed by atoms with Gasteiger partial charge in [-0.15, -0.1) is 0 Å². The molecule has 0 spiro atoms. The topological polar surface area (TPSA) is 26.3 Å². The summed E-state index contributed by atoms with van der Waals surface area (Å²) in [5, 5.41) is 0. The first kappa shape index (κ1) is 14.2. The maximum Gasteiger partial charge on any atom is 0.163 e. The van der Waals surface area contributed by atoms with Gasteiger partial charge >= 0.3 is 0 Å². The first-order chi connectivity index (χ1) is 6.17. The van der Waals surface area contributed by atoms with E-state index in [-0.39, 0.29) is 5.78 Å². The third-order valence-corrected chi connectivity index (χ3v) is 1.25. The van der Waals surface area contributed by atoms with Crippen LogP contribution in [0.5, 0.6) is 0 Å². The van der Waals surface area contributed by atoms with Crippen LogP contribution in [0, 0.1) is 0 Å². The minimum atomic E-state index is -0.0725. The summed E-state index contributed by atoms with van der Waals surface area (Å²) in [5.74, 6) is 0.393. The molecular weight excluding hydrogens is 164 g/mol. The average Bonchev–Trinajstić information content (AvgIpc) is 2.16. The maximum atomic E-state index is 10.9. The van der Waals surface area contributed by atoms with Crippen molar-refractivity contribution >= 4 is 5.78 Å². The normalized spacial score (nSPS) is 10.2. The average molecular weight is 182 g/mol. The van der Waals surface area contributed by atoms with Gasteiger partial charge in [-0.05, 0) is 13.0 Å². The zero-order chi connectivity index (χ0) is 10.9. The minimum Gasteiger partial charge on any atom is -0.496 e. The van der Waals surface area contributed by atoms with Crippen molar-refractivity contribution in [3.8, 4) is 0 Å². The smallest absolute Gasteiger partial charge is 0.163 e. The van der Waals surface area contributed by atoms with Crippen LogP contribution in [-0.2, 0) is 9.53 Å². The molecule has 2 heteroatoms. The van der Waals surface area contributed by atoms with Gasteiger partial charge < -0.3 is 4.74 Å². The summed E-state index contributed by atoms with van der Waals surface area (Å²) in [4.78, 5) is 10.9. The van der Waals surface area contributed by atoms with Crippen LogP contribution in [0.25, 0.3) is 0 Å². The number of ether oxygens (including phenoxy) is 1. The van der Waals surface area contributed by atoms with Crippen LogP contribution in [0.3, 0.4) is 0 Å². The molecule has 0 radical (unpaired) electrons. The Labute approximate surface area is 80.6 Å². The number of carbonyl (C=O) groups excluding carboxylic acids is 1. The lowest BCUT2D eigenvalue weighted by Gasteiger charge is -2.03. The quantitative estimate of drug-likeness (QED) is 0.379. The molecule has 0 fully saturated rings. The predicted molar refractivity (Wildman–Crippen MR) is 56.5 cm³/mol. The molecule has 0 saturated carbocycles. The van der Waals surface area contributed by atoms with Gasteiger partial charge in [-0.25, -0.2) is 0 Å². The van der Waals surface area contributed by atoms with Crippen LogP contribution < -0.4 is 0 Å². The highest BCUT2D eigenvalue weighted by Gasteiger charge is 2.04. The fraction of sp³-hybridized carbons (Fsp3) is 0.364. The number of methoxy groups -OCH3 is 1. The Bertz CT molecular complexity index is 212. The van der Waals surface area contributed by atoms with E-state index in [4.69, 9.17) is 4.74 Å². The van der Waals surface area contributed by atoms with Crippen molar-refractivity contribution in [2.24, 2.45) is 0 Å². The molecule has 0 amide bonds. The van der Waals surface area contributed by atoms with Gasteiger partial charge in [-0.1, -0.05) is 33.1 Å². The molecule has 0 rings (SSSR count). The standard InChI is InChI=1S/C9H12O2.C2H6/c1-5-8(7(3)10)9(6-2)11-4;1-2/h5-6H,1-2H2,3-4H3;1-2H3/b9-8-;. The maximum absolute atomic E-state index is 10.9. The summed E-state index contributed by atoms with van der Waals surface area (Å²) in [6, 6.07) is 0. The Morgan fingerprint density at radius 1 is 1.23 bits per heavy atom. The van der Waals surface area contributed by atoms with Crippen molar-refractivity contribution in [1.82, 2.24) is 0 Å². The lowest BCUT2D eigenvalue weighted by Crippen LogP contribution is -1.98. The highest BCUT2D eigenvalue weighted by molar-refractivity contribution is 5.96. The molecule has 0 saturated heterocycles. The van der Waals surface area contributed by atoms with Crippen LogP contribution in [0.4, 0.5) is 0 Å². The van der Waals surface area contributed by atoms with Gasteiger partial charge in [0.25, 0.3) is 0 Å². The van der Waals surface area contributed by atoms with E-state index >= 15 is 0 Å². The molecule has 0 aromatic carbocycles. The number of rotatable bonds is 4. The van der Waals surface area contributed by atoms with Crippen LogP contribution in [0.2, 0.25) is 0 Å². The van der Waals surface area contributed by atoms with Crippen molar-refractivity contribution in [3.05, 3.63) is 36.6 Å². The molecule has 2 nitrogen and oxygen atoms in total. The number of Topliss-reactive ketones (excluding diaryl/α,β-unsaturated/α-hetero) is 1. The Morgan fingerprint density at radius 2 is 1.69 bits per heavy atom. The zero-order valence-electron chi connectivity index (χ0n) is 8.89. The lowest BCUT2D eigenvalue weighted by atomic mass is 10.1. The molecule has 0 aromatic heterocycles. The van der Waals surface area contributed by atoms with Crippen LogP contribution in [0.15, 0.2) is 36.6 Å². The zero-order valence-corrected chi connectivity index (χ0v) is 8.89. The van der Waals surface area contributed by atoms with E-state index in [1.54, 1.807) is 0 Å². The molecular formula is C11H18O2. The molecule has 0 N–H and O–H groups in total. The minimum absolute atomic E-state index is 0.0725. The number of ketones is 1. The number of allylic oxidation sites excluding steroid dienone is 3. The summed E-state index contributed by atoms with van der Waals surface area (Å²) in [6.45, 7) is 12.5. The Balaban J connectivity index is 0. The van der Waals surface area contributed by atoms with Crippen molar-refractivity contribution in [2.45, 2.75) is 20.8 Å². The van der Waals surface area contributed by atoms with Gasteiger partial charge in [-0.3, -0.25) is 4.79 Å². The van der Waals surface area contributed by atoms with E-state index in [9.17, 15) is 4.79 Å². The predicted octanol–water partition coefficient (Wildman–Crippen LogP) is 2.87. The first-order valence-electron chi connectivity index (χ1n) is 4.21. The monoisotopic (exact) mass is 182 g/mol. The van der Waals surface area contributed by atoms with E-state index in [0.29, 0.717) is 11.3 Å². The summed E-state index contributed by atoms with van der Waals surface area (Å²) < 4.78 is 4.88. The number of hydrogen-bond donors (Lipinski definition) is 0. The van der Waals surface area contributed by atoms with Crippen molar-refractivity contribution in [2.75, 3.05) is 7.11 Å². The largest absolute Gasteiger partial charge is 0.496 e. The van der Waals surface area contributed by atoms with E-state index in [0.717, 1.165) is 0 Å². The summed E-state index contributed by atoms with van der Waals surface area (Å²) in [5.41, 5.74) is 0.461. The fourth-order valence-electron chi connectivity index (χ4n) is 0.721. The SMILES string of the molecule is C=C/C(OC)=C(\C=C)C(C)=O.CC. The third-order valence-electron chi connectivity index (χ3n) is 1.25. The van der Waals surface area contributed by atoms with E-state index < -0.39 is 0 Å². The summed E-state index contributed by atoms with van der Waals surface area (Å²) in [7, 11) is 1.49. The van der Waals surface area contributed by atoms with Gasteiger partial charge in [0.05, 0.1) is 12.7 Å². The van der Waals surface area contributed by atoms with Crippen molar-refractivity contribution in [3.63, 3.8) is 0 Å². The number of hydrogen-bond acceptors (Lipinski definition) is 2. The second-order valence-electron chi connectivity index (χ2n) is 1.95. The van der Waals surface area contributed by atoms with Crippen LogP contribution in [0.1, 0.15) is 20.8 Å². The Morgan fingerprint density at radius 3 is 1.77 bits per heavy atom. The molecule has 74 valence electrons. The molecule has 0 heterocycles. The molecule has 0 atom stereocenters. The highest BCUT2D eigenvalue weighted by atomic mass is 16.5. The Kier molecular flexibility index (Phi) is 9.61. The number of carbonyl (C=O) groups is 1. The molecule has 0 unspecified atom stereocenters. The second-order valence-corrected chi connectivity index (χ2v) is 1.95. The molecule has 0 aliphatic heterocycles. The van der Waals surface area contributed by atoms with Gasteiger partial charge in [0.1, 0.15) is 5.76 Å². The first-order valence-corrected chi connectivity index (χ1v) is 4.21. The van der Waals surface area contributed by atoms with Gasteiger partial charge in [0, 0.05) is 0 Å². The van der Waals surface area contributed by atoms with Gasteiger partial charge in [0.2, 0.25) is 0 Å². The van der Waals surface area contributed by atoms with Crippen LogP contribution in [-0.4, -0.2) is 12.9 Å². The van der Waals surface area contributed by atoms with Crippen molar-refractivity contribution in [1.29, 1.82) is 0 Å². The fourth-order valence-corrected chi connectivity index (χ4v) is 0.721. The third kappa shape index (κ3) is 5.01. The summed E-state index contributed by atoms with van der Waals surface area (Å²) in [6.07, 6.45) is 2.95. The Hall–Kier alpha value is -1.31. The molecule has 13 heavy (non-hydrogen) atoms. The van der Waals surface area contributed by atoms with E-state index in [2.05, 4.69) is 13.2 Å². The van der Waals surface area contributed by atoms with E-state index in [1.165, 1.54) is 26.2 Å². The second kappa shape index (κ2) is 8.78. The molecule has 0 bridgehead atoms. The van der Waals surface area contributed by atoms with E-state index in [1.807, 2.05) is 13.8 Å².